The van der Waals surface area contributed by atoms with E-state index in [2.05, 4.69) is 0 Å². The molecule has 0 fully saturated rings. The Morgan fingerprint density at radius 2 is 1.69 bits per heavy atom. The Morgan fingerprint density at radius 1 is 1.19 bits per heavy atom. The molecule has 0 saturated heterocycles. The lowest BCUT2D eigenvalue weighted by atomic mass is 10.3. The van der Waals surface area contributed by atoms with Gasteiger partial charge in [-0.25, -0.2) is 13.1 Å². The first-order valence-electron chi connectivity index (χ1n) is 4.26. The molecule has 3 N–H and O–H groups in total. The standard InChI is InChI=1S/C9H10N2O4S/c1-6(12)9(13)11-16(14,15)8-4-2-7(10)3-5-8/h2-5H,10H2,1H3,(H,11,13). The van der Waals surface area contributed by atoms with E-state index in [0.29, 0.717) is 5.69 Å². The van der Waals surface area contributed by atoms with E-state index >= 15 is 0 Å². The molecule has 7 heteroatoms. The Labute approximate surface area is 92.5 Å². The molecule has 0 aromatic heterocycles. The SMILES string of the molecule is CC(=O)C(=O)NS(=O)(=O)c1ccc(N)cc1. The van der Waals surface area contributed by atoms with Crippen LogP contribution in [0.4, 0.5) is 5.69 Å². The topological polar surface area (TPSA) is 106 Å². The molecule has 1 amide bonds. The summed E-state index contributed by atoms with van der Waals surface area (Å²) in [6, 6.07) is 5.25. The Bertz CT molecular complexity index is 519. The second-order valence-electron chi connectivity index (χ2n) is 3.06. The molecular weight excluding hydrogens is 232 g/mol. The largest absolute Gasteiger partial charge is 0.399 e. The minimum atomic E-state index is -4.00. The maximum absolute atomic E-state index is 11.5. The number of nitrogens with two attached hydrogens (primary N) is 1. The van der Waals surface area contributed by atoms with Crippen molar-refractivity contribution in [3.05, 3.63) is 24.3 Å². The summed E-state index contributed by atoms with van der Waals surface area (Å²) in [6.45, 7) is 0.980. The molecule has 0 unspecified atom stereocenters. The fourth-order valence-electron chi connectivity index (χ4n) is 0.900. The predicted octanol–water partition coefficient (Wildman–Crippen LogP) is -0.337. The molecular formula is C9H10N2O4S. The summed E-state index contributed by atoms with van der Waals surface area (Å²) in [4.78, 5) is 21.4. The second kappa shape index (κ2) is 4.31. The van der Waals surface area contributed by atoms with Gasteiger partial charge in [0.05, 0.1) is 4.90 Å². The zero-order valence-electron chi connectivity index (χ0n) is 8.43. The molecule has 0 aliphatic carbocycles. The molecule has 86 valence electrons. The molecule has 0 radical (unpaired) electrons. The molecule has 16 heavy (non-hydrogen) atoms. The summed E-state index contributed by atoms with van der Waals surface area (Å²) < 4.78 is 24.7. The molecule has 1 aromatic rings. The van der Waals surface area contributed by atoms with Crippen molar-refractivity contribution in [3.63, 3.8) is 0 Å². The van der Waals surface area contributed by atoms with Crippen molar-refractivity contribution in [2.75, 3.05) is 5.73 Å². The highest BCUT2D eigenvalue weighted by Gasteiger charge is 2.19. The molecule has 0 saturated carbocycles. The number of hydrogen-bond donors (Lipinski definition) is 2. The van der Waals surface area contributed by atoms with E-state index in [0.717, 1.165) is 6.92 Å². The zero-order valence-corrected chi connectivity index (χ0v) is 9.24. The molecule has 0 atom stereocenters. The summed E-state index contributed by atoms with van der Waals surface area (Å²) in [5.41, 5.74) is 5.78. The minimum absolute atomic E-state index is 0.128. The van der Waals surface area contributed by atoms with Gasteiger partial charge in [0.1, 0.15) is 0 Å². The van der Waals surface area contributed by atoms with Gasteiger partial charge in [-0.2, -0.15) is 0 Å². The fraction of sp³-hybridized carbons (Fsp3) is 0.111. The smallest absolute Gasteiger partial charge is 0.300 e. The van der Waals surface area contributed by atoms with E-state index in [1.807, 2.05) is 0 Å². The summed E-state index contributed by atoms with van der Waals surface area (Å²) in [6.07, 6.45) is 0. The number of amides is 1. The summed E-state index contributed by atoms with van der Waals surface area (Å²) in [5, 5.41) is 0. The lowest BCUT2D eigenvalue weighted by Gasteiger charge is -2.04. The van der Waals surface area contributed by atoms with Crippen LogP contribution in [0.5, 0.6) is 0 Å². The van der Waals surface area contributed by atoms with Gasteiger partial charge in [0, 0.05) is 12.6 Å². The van der Waals surface area contributed by atoms with Gasteiger partial charge < -0.3 is 5.73 Å². The summed E-state index contributed by atoms with van der Waals surface area (Å²) >= 11 is 0. The highest BCUT2D eigenvalue weighted by molar-refractivity contribution is 7.90. The number of nitrogen functional groups attached to an aromatic ring is 1. The molecule has 1 rings (SSSR count). The van der Waals surface area contributed by atoms with Crippen molar-refractivity contribution in [2.45, 2.75) is 11.8 Å². The summed E-state index contributed by atoms with van der Waals surface area (Å²) in [7, 11) is -4.00. The number of Topliss-reactive ketones (excluding diaryl/α,β-unsaturated/α-hetero) is 1. The molecule has 1 aromatic carbocycles. The van der Waals surface area contributed by atoms with Crippen LogP contribution in [-0.2, 0) is 19.6 Å². The second-order valence-corrected chi connectivity index (χ2v) is 4.74. The van der Waals surface area contributed by atoms with Gasteiger partial charge in [-0.3, -0.25) is 9.59 Å². The molecule has 0 heterocycles. The zero-order chi connectivity index (χ0) is 12.3. The number of anilines is 1. The molecule has 0 spiro atoms. The van der Waals surface area contributed by atoms with Crippen LogP contribution < -0.4 is 10.5 Å². The number of nitrogens with one attached hydrogen (secondary N) is 1. The van der Waals surface area contributed by atoms with E-state index in [4.69, 9.17) is 5.73 Å². The third kappa shape index (κ3) is 2.80. The van der Waals surface area contributed by atoms with Crippen LogP contribution in [0, 0.1) is 0 Å². The first kappa shape index (κ1) is 12.2. The van der Waals surface area contributed by atoms with E-state index in [1.54, 1.807) is 4.72 Å². The normalized spacial score (nSPS) is 10.8. The Balaban J connectivity index is 2.99. The predicted molar refractivity (Wildman–Crippen MR) is 56.9 cm³/mol. The summed E-state index contributed by atoms with van der Waals surface area (Å²) in [5.74, 6) is -2.05. The van der Waals surface area contributed by atoms with E-state index in [9.17, 15) is 18.0 Å². The third-order valence-corrected chi connectivity index (χ3v) is 3.08. The quantitative estimate of drug-likeness (QED) is 0.557. The highest BCUT2D eigenvalue weighted by atomic mass is 32.2. The minimum Gasteiger partial charge on any atom is -0.399 e. The first-order valence-corrected chi connectivity index (χ1v) is 5.74. The van der Waals surface area contributed by atoms with Crippen molar-refractivity contribution >= 4 is 27.4 Å². The number of hydrogen-bond acceptors (Lipinski definition) is 5. The number of sulfonamides is 1. The van der Waals surface area contributed by atoms with Crippen LogP contribution in [0.25, 0.3) is 0 Å². The van der Waals surface area contributed by atoms with Crippen molar-refractivity contribution in [1.29, 1.82) is 0 Å². The van der Waals surface area contributed by atoms with Crippen molar-refractivity contribution in [3.8, 4) is 0 Å². The van der Waals surface area contributed by atoms with Gasteiger partial charge in [0.25, 0.3) is 10.0 Å². The van der Waals surface area contributed by atoms with Gasteiger partial charge in [0.15, 0.2) is 0 Å². The van der Waals surface area contributed by atoms with Crippen molar-refractivity contribution in [2.24, 2.45) is 0 Å². The molecule has 6 nitrogen and oxygen atoms in total. The van der Waals surface area contributed by atoms with E-state index in [-0.39, 0.29) is 4.90 Å². The van der Waals surface area contributed by atoms with Gasteiger partial charge >= 0.3 is 5.91 Å². The lowest BCUT2D eigenvalue weighted by molar-refractivity contribution is -0.135. The van der Waals surface area contributed by atoms with Crippen LogP contribution in [0.15, 0.2) is 29.2 Å². The van der Waals surface area contributed by atoms with Gasteiger partial charge in [-0.1, -0.05) is 0 Å². The van der Waals surface area contributed by atoms with Crippen LogP contribution >= 0.6 is 0 Å². The maximum atomic E-state index is 11.5. The number of benzene rings is 1. The van der Waals surface area contributed by atoms with Crippen LogP contribution in [0.1, 0.15) is 6.92 Å². The maximum Gasteiger partial charge on any atom is 0.300 e. The molecule has 0 aliphatic heterocycles. The number of rotatable bonds is 3. The van der Waals surface area contributed by atoms with Crippen LogP contribution in [-0.4, -0.2) is 20.1 Å². The van der Waals surface area contributed by atoms with Gasteiger partial charge in [-0.15, -0.1) is 0 Å². The first-order chi connectivity index (χ1) is 7.33. The average Bonchev–Trinajstić information content (AvgIpc) is 2.17. The number of carbonyl (C=O) groups excluding carboxylic acids is 2. The van der Waals surface area contributed by atoms with Crippen molar-refractivity contribution in [1.82, 2.24) is 4.72 Å². The molecule has 0 bridgehead atoms. The fourth-order valence-corrected chi connectivity index (χ4v) is 1.90. The van der Waals surface area contributed by atoms with Crippen LogP contribution in [0.3, 0.4) is 0 Å². The van der Waals surface area contributed by atoms with E-state index in [1.165, 1.54) is 24.3 Å². The van der Waals surface area contributed by atoms with E-state index < -0.39 is 21.7 Å². The Kier molecular flexibility index (Phi) is 3.28. The Hall–Kier alpha value is -1.89. The Morgan fingerprint density at radius 3 is 2.12 bits per heavy atom. The average molecular weight is 242 g/mol. The molecule has 0 aliphatic rings. The lowest BCUT2D eigenvalue weighted by Crippen LogP contribution is -2.34. The van der Waals surface area contributed by atoms with Crippen molar-refractivity contribution < 1.29 is 18.0 Å². The number of ketones is 1. The number of carbonyl (C=O) groups is 2. The monoisotopic (exact) mass is 242 g/mol. The van der Waals surface area contributed by atoms with Gasteiger partial charge in [-0.05, 0) is 24.3 Å². The van der Waals surface area contributed by atoms with Gasteiger partial charge in [0.2, 0.25) is 5.78 Å². The van der Waals surface area contributed by atoms with Crippen LogP contribution in [0.2, 0.25) is 0 Å². The highest BCUT2D eigenvalue weighted by Crippen LogP contribution is 2.11. The third-order valence-electron chi connectivity index (χ3n) is 1.74.